The second-order valence-electron chi connectivity index (χ2n) is 3.18. The van der Waals surface area contributed by atoms with E-state index < -0.39 is 0 Å². The number of ether oxygens (including phenoxy) is 1. The zero-order chi connectivity index (χ0) is 8.15. The number of hydrogen-bond acceptors (Lipinski definition) is 2. The van der Waals surface area contributed by atoms with Gasteiger partial charge < -0.3 is 10.2 Å². The molecule has 11 heavy (non-hydrogen) atoms. The van der Waals surface area contributed by atoms with E-state index in [2.05, 4.69) is 0 Å². The topological polar surface area (TPSA) is 57.8 Å². The van der Waals surface area contributed by atoms with E-state index in [4.69, 9.17) is 4.74 Å². The molecule has 0 aliphatic carbocycles. The fraction of sp³-hybridized carbons (Fsp3) is 0.875. The lowest BCUT2D eigenvalue weighted by Crippen LogP contribution is -2.14. The van der Waals surface area contributed by atoms with Crippen molar-refractivity contribution in [3.05, 3.63) is 0 Å². The molecule has 0 saturated heterocycles. The molecule has 0 spiro atoms. The Hall–Kier alpha value is -0.570. The molecule has 0 radical (unpaired) electrons. The first-order chi connectivity index (χ1) is 4.54. The summed E-state index contributed by atoms with van der Waals surface area (Å²) in [6.45, 7) is 8.25. The van der Waals surface area contributed by atoms with Crippen molar-refractivity contribution in [1.29, 1.82) is 0 Å². The average Bonchev–Trinajstić information content (AvgIpc) is 1.82. The van der Waals surface area contributed by atoms with Gasteiger partial charge in [-0.1, -0.05) is 27.7 Å². The second-order valence-corrected chi connectivity index (χ2v) is 3.18. The van der Waals surface area contributed by atoms with Gasteiger partial charge in [0.05, 0.1) is 12.5 Å². The molecule has 0 aliphatic rings. The average molecular weight is 162 g/mol. The van der Waals surface area contributed by atoms with Crippen LogP contribution in [-0.2, 0) is 9.53 Å². The molecule has 0 saturated carbocycles. The van der Waals surface area contributed by atoms with Crippen LogP contribution in [0.1, 0.15) is 27.7 Å². The SMILES string of the molecule is CC(C)COC(=O)C(C)C.O. The summed E-state index contributed by atoms with van der Waals surface area (Å²) in [4.78, 5) is 10.8. The van der Waals surface area contributed by atoms with Gasteiger partial charge in [0.1, 0.15) is 0 Å². The highest BCUT2D eigenvalue weighted by atomic mass is 16.5. The van der Waals surface area contributed by atoms with E-state index in [0.29, 0.717) is 12.5 Å². The summed E-state index contributed by atoms with van der Waals surface area (Å²) >= 11 is 0. The molecule has 0 aliphatic heterocycles. The van der Waals surface area contributed by atoms with E-state index in [1.54, 1.807) is 0 Å². The minimum absolute atomic E-state index is 0. The fourth-order valence-electron chi connectivity index (χ4n) is 0.415. The maximum Gasteiger partial charge on any atom is 0.308 e. The molecular formula is C8H18O3. The minimum atomic E-state index is -0.103. The highest BCUT2D eigenvalue weighted by Gasteiger charge is 2.07. The summed E-state index contributed by atoms with van der Waals surface area (Å²) in [6.07, 6.45) is 0. The van der Waals surface area contributed by atoms with Crippen LogP contribution in [0, 0.1) is 11.8 Å². The lowest BCUT2D eigenvalue weighted by Gasteiger charge is -2.08. The summed E-state index contributed by atoms with van der Waals surface area (Å²) in [5, 5.41) is 0. The van der Waals surface area contributed by atoms with E-state index in [1.165, 1.54) is 0 Å². The predicted octanol–water partition coefficient (Wildman–Crippen LogP) is 1.02. The molecule has 0 amide bonds. The van der Waals surface area contributed by atoms with Crippen molar-refractivity contribution < 1.29 is 15.0 Å². The largest absolute Gasteiger partial charge is 0.465 e. The molecule has 0 bridgehead atoms. The van der Waals surface area contributed by atoms with Gasteiger partial charge in [-0.05, 0) is 5.92 Å². The first-order valence-corrected chi connectivity index (χ1v) is 3.70. The van der Waals surface area contributed by atoms with Crippen LogP contribution in [0.2, 0.25) is 0 Å². The molecule has 68 valence electrons. The van der Waals surface area contributed by atoms with Crippen molar-refractivity contribution in [1.82, 2.24) is 0 Å². The molecule has 3 heteroatoms. The Labute approximate surface area is 68.0 Å². The first kappa shape index (κ1) is 13.1. The van der Waals surface area contributed by atoms with Crippen molar-refractivity contribution in [2.45, 2.75) is 27.7 Å². The number of rotatable bonds is 3. The van der Waals surface area contributed by atoms with Crippen LogP contribution in [0.25, 0.3) is 0 Å². The van der Waals surface area contributed by atoms with E-state index in [0.717, 1.165) is 0 Å². The highest BCUT2D eigenvalue weighted by Crippen LogP contribution is 1.99. The van der Waals surface area contributed by atoms with Crippen LogP contribution in [0.5, 0.6) is 0 Å². The molecule has 3 nitrogen and oxygen atoms in total. The van der Waals surface area contributed by atoms with Gasteiger partial charge in [-0.15, -0.1) is 0 Å². The van der Waals surface area contributed by atoms with Crippen LogP contribution in [0.3, 0.4) is 0 Å². The fourth-order valence-corrected chi connectivity index (χ4v) is 0.415. The third kappa shape index (κ3) is 7.33. The summed E-state index contributed by atoms with van der Waals surface area (Å²) < 4.78 is 4.93. The maximum atomic E-state index is 10.8. The van der Waals surface area contributed by atoms with Crippen molar-refractivity contribution in [2.75, 3.05) is 6.61 Å². The van der Waals surface area contributed by atoms with Crippen LogP contribution >= 0.6 is 0 Å². The van der Waals surface area contributed by atoms with E-state index in [-0.39, 0.29) is 17.4 Å². The molecule has 0 aromatic carbocycles. The zero-order valence-electron chi connectivity index (χ0n) is 7.68. The Kier molecular flexibility index (Phi) is 7.31. The number of carbonyl (C=O) groups is 1. The molecule has 2 N–H and O–H groups in total. The van der Waals surface area contributed by atoms with E-state index in [1.807, 2.05) is 27.7 Å². The van der Waals surface area contributed by atoms with Crippen LogP contribution in [0.15, 0.2) is 0 Å². The Balaban J connectivity index is 0. The van der Waals surface area contributed by atoms with E-state index in [9.17, 15) is 4.79 Å². The lowest BCUT2D eigenvalue weighted by molar-refractivity contribution is -0.148. The molecule has 0 fully saturated rings. The van der Waals surface area contributed by atoms with Gasteiger partial charge in [-0.25, -0.2) is 0 Å². The van der Waals surface area contributed by atoms with Crippen LogP contribution in [0.4, 0.5) is 0 Å². The predicted molar refractivity (Wildman–Crippen MR) is 44.2 cm³/mol. The highest BCUT2D eigenvalue weighted by molar-refractivity contribution is 5.71. The maximum absolute atomic E-state index is 10.8. The molecule has 0 aromatic rings. The van der Waals surface area contributed by atoms with Crippen molar-refractivity contribution in [2.24, 2.45) is 11.8 Å². The summed E-state index contributed by atoms with van der Waals surface area (Å²) in [7, 11) is 0. The standard InChI is InChI=1S/C8H16O2.H2O/c1-6(2)5-10-8(9)7(3)4;/h6-7H,5H2,1-4H3;1H2. The summed E-state index contributed by atoms with van der Waals surface area (Å²) in [5.74, 6) is 0.329. The number of esters is 1. The van der Waals surface area contributed by atoms with E-state index >= 15 is 0 Å². The quantitative estimate of drug-likeness (QED) is 0.582. The second kappa shape index (κ2) is 6.16. The van der Waals surface area contributed by atoms with Crippen LogP contribution in [-0.4, -0.2) is 18.1 Å². The summed E-state index contributed by atoms with van der Waals surface area (Å²) in [6, 6.07) is 0. The Morgan fingerprint density at radius 3 is 2.00 bits per heavy atom. The molecule has 0 rings (SSSR count). The van der Waals surface area contributed by atoms with Gasteiger partial charge in [-0.2, -0.15) is 0 Å². The lowest BCUT2D eigenvalue weighted by atomic mass is 10.2. The van der Waals surface area contributed by atoms with Gasteiger partial charge in [0.15, 0.2) is 0 Å². The third-order valence-electron chi connectivity index (χ3n) is 1.03. The summed E-state index contributed by atoms with van der Waals surface area (Å²) in [5.41, 5.74) is 0. The minimum Gasteiger partial charge on any atom is -0.465 e. The molecule has 0 heterocycles. The van der Waals surface area contributed by atoms with Crippen molar-refractivity contribution in [3.63, 3.8) is 0 Å². The normalized spacial score (nSPS) is 9.64. The van der Waals surface area contributed by atoms with Gasteiger partial charge in [0.25, 0.3) is 0 Å². The number of carbonyl (C=O) groups excluding carboxylic acids is 1. The molecule has 0 aromatic heterocycles. The van der Waals surface area contributed by atoms with Gasteiger partial charge in [0.2, 0.25) is 0 Å². The first-order valence-electron chi connectivity index (χ1n) is 3.70. The Morgan fingerprint density at radius 1 is 1.27 bits per heavy atom. The Morgan fingerprint density at radius 2 is 1.73 bits per heavy atom. The van der Waals surface area contributed by atoms with Gasteiger partial charge >= 0.3 is 5.97 Å². The Bertz CT molecular complexity index is 108. The third-order valence-corrected chi connectivity index (χ3v) is 1.03. The molecular weight excluding hydrogens is 144 g/mol. The van der Waals surface area contributed by atoms with Crippen LogP contribution < -0.4 is 0 Å². The molecule has 0 atom stereocenters. The van der Waals surface area contributed by atoms with Gasteiger partial charge in [-0.3, -0.25) is 4.79 Å². The monoisotopic (exact) mass is 162 g/mol. The zero-order valence-corrected chi connectivity index (χ0v) is 7.68. The van der Waals surface area contributed by atoms with Crippen molar-refractivity contribution in [3.8, 4) is 0 Å². The van der Waals surface area contributed by atoms with Crippen molar-refractivity contribution >= 4 is 5.97 Å². The number of hydrogen-bond donors (Lipinski definition) is 0. The molecule has 0 unspecified atom stereocenters. The van der Waals surface area contributed by atoms with Gasteiger partial charge in [0, 0.05) is 0 Å². The smallest absolute Gasteiger partial charge is 0.308 e.